The number of nitrogens with one attached hydrogen (secondary N) is 2. The first-order valence-electron chi connectivity index (χ1n) is 9.00. The first kappa shape index (κ1) is 16.4. The Morgan fingerprint density at radius 3 is 2.62 bits per heavy atom. The first-order valence-corrected chi connectivity index (χ1v) is 9.00. The molecule has 3 aromatic rings. The van der Waals surface area contributed by atoms with Crippen LogP contribution in [0.4, 0.5) is 11.6 Å². The molecule has 0 bridgehead atoms. The fourth-order valence-corrected chi connectivity index (χ4v) is 3.15. The Morgan fingerprint density at radius 2 is 1.81 bits per heavy atom. The summed E-state index contributed by atoms with van der Waals surface area (Å²) < 4.78 is 0. The van der Waals surface area contributed by atoms with Crippen molar-refractivity contribution in [2.45, 2.75) is 26.2 Å². The van der Waals surface area contributed by atoms with Crippen LogP contribution in [-0.4, -0.2) is 33.0 Å². The van der Waals surface area contributed by atoms with Crippen molar-refractivity contribution in [1.29, 1.82) is 0 Å². The zero-order chi connectivity index (χ0) is 17.8. The average Bonchev–Trinajstić information content (AvgIpc) is 3.16. The summed E-state index contributed by atoms with van der Waals surface area (Å²) in [6.07, 6.45) is 8.63. The molecule has 0 aliphatic heterocycles. The van der Waals surface area contributed by atoms with Gasteiger partial charge in [-0.2, -0.15) is 0 Å². The number of anilines is 2. The number of aryl methyl sites for hydroxylation is 2. The van der Waals surface area contributed by atoms with E-state index in [1.807, 2.05) is 31.3 Å². The molecular formula is C20H22N6. The Balaban J connectivity index is 1.45. The Kier molecular flexibility index (Phi) is 4.73. The van der Waals surface area contributed by atoms with Crippen LogP contribution in [0.15, 0.2) is 42.9 Å². The van der Waals surface area contributed by atoms with Gasteiger partial charge in [0.25, 0.3) is 0 Å². The molecular weight excluding hydrogens is 324 g/mol. The number of nitrogens with zero attached hydrogens (tertiary/aromatic N) is 4. The summed E-state index contributed by atoms with van der Waals surface area (Å²) >= 11 is 0. The highest BCUT2D eigenvalue weighted by Gasteiger charge is 2.19. The summed E-state index contributed by atoms with van der Waals surface area (Å²) in [7, 11) is 0. The molecule has 0 amide bonds. The van der Waals surface area contributed by atoms with Crippen molar-refractivity contribution >= 4 is 11.6 Å². The van der Waals surface area contributed by atoms with Gasteiger partial charge in [-0.15, -0.1) is 0 Å². The van der Waals surface area contributed by atoms with Crippen molar-refractivity contribution < 1.29 is 0 Å². The monoisotopic (exact) mass is 346 g/mol. The molecule has 6 heteroatoms. The van der Waals surface area contributed by atoms with Crippen LogP contribution in [0.5, 0.6) is 0 Å². The van der Waals surface area contributed by atoms with Crippen molar-refractivity contribution in [3.63, 3.8) is 0 Å². The van der Waals surface area contributed by atoms with E-state index in [2.05, 4.69) is 26.7 Å². The van der Waals surface area contributed by atoms with Gasteiger partial charge in [-0.25, -0.2) is 15.0 Å². The predicted molar refractivity (Wildman–Crippen MR) is 103 cm³/mol. The van der Waals surface area contributed by atoms with Crippen molar-refractivity contribution in [2.24, 2.45) is 0 Å². The van der Waals surface area contributed by atoms with Crippen molar-refractivity contribution in [1.82, 2.24) is 19.9 Å². The largest absolute Gasteiger partial charge is 0.368 e. The fraction of sp³-hybridized carbons (Fsp3) is 0.300. The van der Waals surface area contributed by atoms with E-state index in [1.54, 1.807) is 12.4 Å². The third-order valence-corrected chi connectivity index (χ3v) is 4.51. The zero-order valence-electron chi connectivity index (χ0n) is 14.9. The van der Waals surface area contributed by atoms with Crippen LogP contribution in [-0.2, 0) is 12.8 Å². The van der Waals surface area contributed by atoms with Gasteiger partial charge in [0.05, 0.1) is 0 Å². The van der Waals surface area contributed by atoms with Crippen LogP contribution in [0.2, 0.25) is 0 Å². The van der Waals surface area contributed by atoms with E-state index in [9.17, 15) is 0 Å². The van der Waals surface area contributed by atoms with E-state index < -0.39 is 0 Å². The summed E-state index contributed by atoms with van der Waals surface area (Å²) in [5, 5.41) is 6.81. The third kappa shape index (κ3) is 3.64. The maximum absolute atomic E-state index is 4.78. The summed E-state index contributed by atoms with van der Waals surface area (Å²) in [5.74, 6) is 2.62. The van der Waals surface area contributed by atoms with Gasteiger partial charge >= 0.3 is 0 Å². The summed E-state index contributed by atoms with van der Waals surface area (Å²) in [4.78, 5) is 18.0. The Bertz CT molecular complexity index is 877. The van der Waals surface area contributed by atoms with Crippen molar-refractivity contribution in [2.75, 3.05) is 23.7 Å². The molecule has 26 heavy (non-hydrogen) atoms. The molecule has 0 fully saturated rings. The van der Waals surface area contributed by atoms with Gasteiger partial charge in [0.1, 0.15) is 11.6 Å². The Morgan fingerprint density at radius 1 is 0.962 bits per heavy atom. The second kappa shape index (κ2) is 7.47. The van der Waals surface area contributed by atoms with Gasteiger partial charge in [-0.05, 0) is 49.9 Å². The van der Waals surface area contributed by atoms with Gasteiger partial charge < -0.3 is 10.6 Å². The number of pyridine rings is 2. The fourth-order valence-electron chi connectivity index (χ4n) is 3.15. The minimum Gasteiger partial charge on any atom is -0.368 e. The van der Waals surface area contributed by atoms with E-state index >= 15 is 0 Å². The lowest BCUT2D eigenvalue weighted by atomic mass is 10.2. The van der Waals surface area contributed by atoms with E-state index in [0.29, 0.717) is 0 Å². The molecule has 0 spiro atoms. The van der Waals surface area contributed by atoms with Crippen LogP contribution in [0.25, 0.3) is 11.4 Å². The van der Waals surface area contributed by atoms with Crippen molar-refractivity contribution in [3.05, 3.63) is 59.7 Å². The SMILES string of the molecule is Cc1ccc(NCCNc2nc(-c3ccncc3)nc3c2CCC3)nc1. The van der Waals surface area contributed by atoms with Crippen LogP contribution >= 0.6 is 0 Å². The molecule has 4 rings (SSSR count). The molecule has 1 aliphatic carbocycles. The number of aromatic nitrogens is 4. The number of rotatable bonds is 6. The van der Waals surface area contributed by atoms with Crippen LogP contribution in [0, 0.1) is 6.92 Å². The average molecular weight is 346 g/mol. The van der Waals surface area contributed by atoms with E-state index in [4.69, 9.17) is 9.97 Å². The molecule has 0 radical (unpaired) electrons. The zero-order valence-corrected chi connectivity index (χ0v) is 14.9. The molecule has 0 saturated heterocycles. The normalized spacial score (nSPS) is 12.7. The van der Waals surface area contributed by atoms with E-state index in [-0.39, 0.29) is 0 Å². The molecule has 0 saturated carbocycles. The maximum Gasteiger partial charge on any atom is 0.161 e. The minimum absolute atomic E-state index is 0.767. The van der Waals surface area contributed by atoms with Gasteiger partial charge in [0.15, 0.2) is 5.82 Å². The highest BCUT2D eigenvalue weighted by molar-refractivity contribution is 5.60. The molecule has 3 heterocycles. The lowest BCUT2D eigenvalue weighted by molar-refractivity contribution is 0.899. The van der Waals surface area contributed by atoms with Crippen LogP contribution in [0.1, 0.15) is 23.2 Å². The first-order chi connectivity index (χ1) is 12.8. The topological polar surface area (TPSA) is 75.6 Å². The highest BCUT2D eigenvalue weighted by atomic mass is 15.1. The van der Waals surface area contributed by atoms with E-state index in [0.717, 1.165) is 60.9 Å². The molecule has 2 N–H and O–H groups in total. The number of fused-ring (bicyclic) bond motifs is 1. The standard InChI is InChI=1S/C20H22N6/c1-14-5-6-18(24-13-14)22-11-12-23-20-16-3-2-4-17(16)25-19(26-20)15-7-9-21-10-8-15/h5-10,13H,2-4,11-12H2,1H3,(H,22,24)(H,23,25,26). The molecule has 132 valence electrons. The number of hydrogen-bond acceptors (Lipinski definition) is 6. The smallest absolute Gasteiger partial charge is 0.161 e. The van der Waals surface area contributed by atoms with Gasteiger partial charge in [0.2, 0.25) is 0 Å². The molecule has 1 aliphatic rings. The van der Waals surface area contributed by atoms with Crippen molar-refractivity contribution in [3.8, 4) is 11.4 Å². The lowest BCUT2D eigenvalue weighted by Crippen LogP contribution is -2.16. The lowest BCUT2D eigenvalue weighted by Gasteiger charge is -2.13. The van der Waals surface area contributed by atoms with Crippen LogP contribution in [0.3, 0.4) is 0 Å². The molecule has 3 aromatic heterocycles. The Labute approximate surface area is 153 Å². The predicted octanol–water partition coefficient (Wildman–Crippen LogP) is 3.25. The van der Waals surface area contributed by atoms with Gasteiger partial charge in [-0.1, -0.05) is 6.07 Å². The maximum atomic E-state index is 4.78. The van der Waals surface area contributed by atoms with Crippen LogP contribution < -0.4 is 10.6 Å². The Hall–Kier alpha value is -3.02. The quantitative estimate of drug-likeness (QED) is 0.667. The highest BCUT2D eigenvalue weighted by Crippen LogP contribution is 2.28. The number of hydrogen-bond donors (Lipinski definition) is 2. The second-order valence-electron chi connectivity index (χ2n) is 6.48. The molecule has 0 atom stereocenters. The summed E-state index contributed by atoms with van der Waals surface area (Å²) in [5.41, 5.74) is 4.59. The third-order valence-electron chi connectivity index (χ3n) is 4.51. The molecule has 0 aromatic carbocycles. The molecule has 6 nitrogen and oxygen atoms in total. The summed E-state index contributed by atoms with van der Waals surface area (Å²) in [6.45, 7) is 3.59. The molecule has 0 unspecified atom stereocenters. The van der Waals surface area contributed by atoms with Gasteiger partial charge in [0, 0.05) is 48.5 Å². The second-order valence-corrected chi connectivity index (χ2v) is 6.48. The van der Waals surface area contributed by atoms with E-state index in [1.165, 1.54) is 11.3 Å². The van der Waals surface area contributed by atoms with Gasteiger partial charge in [-0.3, -0.25) is 4.98 Å². The minimum atomic E-state index is 0.767. The summed E-state index contributed by atoms with van der Waals surface area (Å²) in [6, 6.07) is 7.95.